The van der Waals surface area contributed by atoms with Crippen molar-refractivity contribution in [1.82, 2.24) is 0 Å². The summed E-state index contributed by atoms with van der Waals surface area (Å²) >= 11 is 0. The molecular weight excluding hydrogens is 304 g/mol. The summed E-state index contributed by atoms with van der Waals surface area (Å²) < 4.78 is 32.1. The van der Waals surface area contributed by atoms with Crippen LogP contribution in [0.3, 0.4) is 0 Å². The lowest BCUT2D eigenvalue weighted by molar-refractivity contribution is 0.0997. The molecule has 6 nitrogen and oxygen atoms in total. The van der Waals surface area contributed by atoms with Crippen LogP contribution < -0.4 is 15.2 Å². The Morgan fingerprint density at radius 2 is 1.77 bits per heavy atom. The molecule has 0 saturated carbocycles. The SMILES string of the molecule is COc1ccc(S(=O)(=O)Nc2ccc(C)cc2)cc1C(N)=O. The zero-order valence-corrected chi connectivity index (χ0v) is 13.0. The van der Waals surface area contributed by atoms with Gasteiger partial charge in [0.2, 0.25) is 0 Å². The zero-order chi connectivity index (χ0) is 16.3. The molecule has 0 bridgehead atoms. The first-order chi connectivity index (χ1) is 10.3. The molecule has 0 saturated heterocycles. The molecule has 0 heterocycles. The van der Waals surface area contributed by atoms with Crippen LogP contribution in [0.2, 0.25) is 0 Å². The van der Waals surface area contributed by atoms with Gasteiger partial charge in [-0.3, -0.25) is 9.52 Å². The van der Waals surface area contributed by atoms with Crippen molar-refractivity contribution in [3.05, 3.63) is 53.6 Å². The number of ether oxygens (including phenoxy) is 1. The number of nitrogens with two attached hydrogens (primary N) is 1. The molecule has 1 amide bonds. The Hall–Kier alpha value is -2.54. The van der Waals surface area contributed by atoms with E-state index in [9.17, 15) is 13.2 Å². The summed E-state index contributed by atoms with van der Waals surface area (Å²) in [6.45, 7) is 1.90. The fourth-order valence-electron chi connectivity index (χ4n) is 1.88. The molecule has 0 unspecified atom stereocenters. The fourth-order valence-corrected chi connectivity index (χ4v) is 2.97. The van der Waals surface area contributed by atoms with Gasteiger partial charge in [-0.25, -0.2) is 8.42 Å². The Kier molecular flexibility index (Phi) is 4.37. The molecule has 2 rings (SSSR count). The van der Waals surface area contributed by atoms with Crippen molar-refractivity contribution in [1.29, 1.82) is 0 Å². The quantitative estimate of drug-likeness (QED) is 0.879. The first-order valence-electron chi connectivity index (χ1n) is 6.41. The molecule has 3 N–H and O–H groups in total. The maximum atomic E-state index is 12.4. The van der Waals surface area contributed by atoms with Crippen LogP contribution in [0.15, 0.2) is 47.4 Å². The van der Waals surface area contributed by atoms with Gasteiger partial charge in [-0.1, -0.05) is 17.7 Å². The standard InChI is InChI=1S/C15H16N2O4S/c1-10-3-5-11(6-4-10)17-22(19,20)12-7-8-14(21-2)13(9-12)15(16)18/h3-9,17H,1-2H3,(H2,16,18). The minimum absolute atomic E-state index is 0.00859. The average molecular weight is 320 g/mol. The van der Waals surface area contributed by atoms with Gasteiger partial charge in [0.1, 0.15) is 5.75 Å². The highest BCUT2D eigenvalue weighted by atomic mass is 32.2. The summed E-state index contributed by atoms with van der Waals surface area (Å²) in [6, 6.07) is 10.8. The highest BCUT2D eigenvalue weighted by Gasteiger charge is 2.18. The maximum absolute atomic E-state index is 12.4. The predicted molar refractivity (Wildman–Crippen MR) is 83.5 cm³/mol. The van der Waals surface area contributed by atoms with Gasteiger partial charge in [-0.15, -0.1) is 0 Å². The third-order valence-electron chi connectivity index (χ3n) is 3.05. The maximum Gasteiger partial charge on any atom is 0.261 e. The minimum atomic E-state index is -3.82. The van der Waals surface area contributed by atoms with Gasteiger partial charge >= 0.3 is 0 Å². The van der Waals surface area contributed by atoms with Gasteiger partial charge in [0.15, 0.2) is 0 Å². The third-order valence-corrected chi connectivity index (χ3v) is 4.43. The van der Waals surface area contributed by atoms with E-state index in [1.807, 2.05) is 6.92 Å². The van der Waals surface area contributed by atoms with Crippen molar-refractivity contribution in [2.75, 3.05) is 11.8 Å². The average Bonchev–Trinajstić information content (AvgIpc) is 2.48. The Morgan fingerprint density at radius 3 is 2.32 bits per heavy atom. The van der Waals surface area contributed by atoms with Gasteiger partial charge in [0.05, 0.1) is 17.6 Å². The van der Waals surface area contributed by atoms with Gasteiger partial charge in [0, 0.05) is 5.69 Å². The second kappa shape index (κ2) is 6.07. The zero-order valence-electron chi connectivity index (χ0n) is 12.2. The van der Waals surface area contributed by atoms with E-state index in [0.29, 0.717) is 5.69 Å². The summed E-state index contributed by atoms with van der Waals surface area (Å²) in [6.07, 6.45) is 0. The van der Waals surface area contributed by atoms with E-state index in [2.05, 4.69) is 4.72 Å². The molecule has 116 valence electrons. The number of methoxy groups -OCH3 is 1. The second-order valence-electron chi connectivity index (χ2n) is 4.70. The molecule has 0 atom stereocenters. The minimum Gasteiger partial charge on any atom is -0.496 e. The number of anilines is 1. The van der Waals surface area contributed by atoms with Gasteiger partial charge in [0.25, 0.3) is 15.9 Å². The summed E-state index contributed by atoms with van der Waals surface area (Å²) in [4.78, 5) is 11.3. The van der Waals surface area contributed by atoms with Crippen LogP contribution in [-0.2, 0) is 10.0 Å². The number of carbonyl (C=O) groups excluding carboxylic acids is 1. The molecule has 7 heteroatoms. The molecule has 0 aliphatic carbocycles. The molecule has 0 aliphatic rings. The van der Waals surface area contributed by atoms with E-state index in [-0.39, 0.29) is 16.2 Å². The lowest BCUT2D eigenvalue weighted by Crippen LogP contribution is -2.16. The van der Waals surface area contributed by atoms with Crippen LogP contribution in [0.5, 0.6) is 5.75 Å². The van der Waals surface area contributed by atoms with E-state index in [0.717, 1.165) is 5.56 Å². The van der Waals surface area contributed by atoms with Crippen molar-refractivity contribution < 1.29 is 17.9 Å². The van der Waals surface area contributed by atoms with E-state index < -0.39 is 15.9 Å². The number of amides is 1. The topological polar surface area (TPSA) is 98.5 Å². The number of rotatable bonds is 5. The number of aryl methyl sites for hydroxylation is 1. The predicted octanol–water partition coefficient (Wildman–Crippen LogP) is 1.90. The van der Waals surface area contributed by atoms with Crippen molar-refractivity contribution in [2.45, 2.75) is 11.8 Å². The largest absolute Gasteiger partial charge is 0.496 e. The molecule has 2 aromatic rings. The van der Waals surface area contributed by atoms with Gasteiger partial charge in [-0.2, -0.15) is 0 Å². The second-order valence-corrected chi connectivity index (χ2v) is 6.38. The van der Waals surface area contributed by atoms with Crippen molar-refractivity contribution in [3.8, 4) is 5.75 Å². The van der Waals surface area contributed by atoms with Crippen molar-refractivity contribution in [3.63, 3.8) is 0 Å². The van der Waals surface area contributed by atoms with Crippen LogP contribution in [-0.4, -0.2) is 21.4 Å². The van der Waals surface area contributed by atoms with E-state index in [1.165, 1.54) is 25.3 Å². The number of hydrogen-bond acceptors (Lipinski definition) is 4. The molecule has 0 radical (unpaired) electrons. The Balaban J connectivity index is 2.39. The van der Waals surface area contributed by atoms with Crippen LogP contribution >= 0.6 is 0 Å². The molecule has 0 aromatic heterocycles. The number of sulfonamides is 1. The van der Waals surface area contributed by atoms with Crippen LogP contribution in [0.1, 0.15) is 15.9 Å². The third kappa shape index (κ3) is 3.37. The molecule has 0 fully saturated rings. The summed E-state index contributed by atoms with van der Waals surface area (Å²) in [7, 11) is -2.45. The monoisotopic (exact) mass is 320 g/mol. The first kappa shape index (κ1) is 15.8. The Bertz CT molecular complexity index is 799. The molecular formula is C15H16N2O4S. The van der Waals surface area contributed by atoms with Crippen molar-refractivity contribution >= 4 is 21.6 Å². The van der Waals surface area contributed by atoms with E-state index in [4.69, 9.17) is 10.5 Å². The summed E-state index contributed by atoms with van der Waals surface area (Å²) in [5.74, 6) is -0.536. The fraction of sp³-hybridized carbons (Fsp3) is 0.133. The highest BCUT2D eigenvalue weighted by molar-refractivity contribution is 7.92. The number of carbonyl (C=O) groups is 1. The van der Waals surface area contributed by atoms with E-state index in [1.54, 1.807) is 24.3 Å². The number of nitrogens with one attached hydrogen (secondary N) is 1. The normalized spacial score (nSPS) is 11.0. The number of primary amides is 1. The van der Waals surface area contributed by atoms with E-state index >= 15 is 0 Å². The summed E-state index contributed by atoms with van der Waals surface area (Å²) in [5, 5.41) is 0. The highest BCUT2D eigenvalue weighted by Crippen LogP contribution is 2.23. The van der Waals surface area contributed by atoms with Crippen molar-refractivity contribution in [2.24, 2.45) is 5.73 Å². The number of benzene rings is 2. The van der Waals surface area contributed by atoms with Crippen LogP contribution in [0.4, 0.5) is 5.69 Å². The van der Waals surface area contributed by atoms with Gasteiger partial charge in [-0.05, 0) is 37.3 Å². The Labute approximate surface area is 129 Å². The molecule has 2 aromatic carbocycles. The Morgan fingerprint density at radius 1 is 1.14 bits per heavy atom. The van der Waals surface area contributed by atoms with Crippen LogP contribution in [0.25, 0.3) is 0 Å². The molecule has 0 aliphatic heterocycles. The smallest absolute Gasteiger partial charge is 0.261 e. The first-order valence-corrected chi connectivity index (χ1v) is 7.89. The van der Waals surface area contributed by atoms with Gasteiger partial charge < -0.3 is 10.5 Å². The molecule has 0 spiro atoms. The van der Waals surface area contributed by atoms with Crippen LogP contribution in [0, 0.1) is 6.92 Å². The number of hydrogen-bond donors (Lipinski definition) is 2. The lowest BCUT2D eigenvalue weighted by Gasteiger charge is -2.11. The molecule has 22 heavy (non-hydrogen) atoms. The summed E-state index contributed by atoms with van der Waals surface area (Å²) in [5.41, 5.74) is 6.70. The lowest BCUT2D eigenvalue weighted by atomic mass is 10.2.